The molecule has 0 aliphatic carbocycles. The predicted molar refractivity (Wildman–Crippen MR) is 87.9 cm³/mol. The first-order valence-electron chi connectivity index (χ1n) is 6.60. The summed E-state index contributed by atoms with van der Waals surface area (Å²) in [4.78, 5) is 17.8. The van der Waals surface area contributed by atoms with Crippen molar-refractivity contribution in [2.45, 2.75) is 0 Å². The van der Waals surface area contributed by atoms with E-state index in [1.165, 1.54) is 0 Å². The van der Waals surface area contributed by atoms with Crippen molar-refractivity contribution in [3.8, 4) is 0 Å². The molecular weight excluding hydrogens is 278 g/mol. The maximum Gasteiger partial charge on any atom is 0.193 e. The van der Waals surface area contributed by atoms with Crippen molar-refractivity contribution in [2.75, 3.05) is 0 Å². The Hall–Kier alpha value is -2.52. The molecule has 0 aliphatic heterocycles. The quantitative estimate of drug-likeness (QED) is 0.505. The van der Waals surface area contributed by atoms with E-state index in [9.17, 15) is 4.79 Å². The minimum Gasteiger partial charge on any atom is -0.289 e. The normalized spacial score (nSPS) is 10.9. The fourth-order valence-electron chi connectivity index (χ4n) is 1.96. The molecule has 0 N–H and O–H groups in total. The average molecular weight is 291 g/mol. The Morgan fingerprint density at radius 3 is 2.24 bits per heavy atom. The molecule has 3 aromatic rings. The summed E-state index contributed by atoms with van der Waals surface area (Å²) in [5, 5.41) is 2.02. The zero-order chi connectivity index (χ0) is 14.5. The van der Waals surface area contributed by atoms with Crippen molar-refractivity contribution in [3.05, 3.63) is 88.1 Å². The van der Waals surface area contributed by atoms with E-state index in [-0.39, 0.29) is 5.78 Å². The van der Waals surface area contributed by atoms with E-state index in [0.29, 0.717) is 11.1 Å². The van der Waals surface area contributed by atoms with Crippen molar-refractivity contribution in [2.24, 2.45) is 4.99 Å². The molecule has 2 aromatic carbocycles. The number of nitrogens with zero attached hydrogens (tertiary/aromatic N) is 1. The molecule has 102 valence electrons. The van der Waals surface area contributed by atoms with Gasteiger partial charge in [-0.1, -0.05) is 36.4 Å². The SMILES string of the molecule is O=C(c1ccccc1)c1ccc(N=Cc2cccs2)cc1. The van der Waals surface area contributed by atoms with Crippen LogP contribution >= 0.6 is 11.3 Å². The van der Waals surface area contributed by atoms with Gasteiger partial charge in [0.25, 0.3) is 0 Å². The smallest absolute Gasteiger partial charge is 0.193 e. The topological polar surface area (TPSA) is 29.4 Å². The second-order valence-electron chi connectivity index (χ2n) is 4.52. The summed E-state index contributed by atoms with van der Waals surface area (Å²) in [6, 6.07) is 20.7. The Morgan fingerprint density at radius 2 is 1.57 bits per heavy atom. The van der Waals surface area contributed by atoms with Gasteiger partial charge in [-0.2, -0.15) is 0 Å². The lowest BCUT2D eigenvalue weighted by Crippen LogP contribution is -1.99. The van der Waals surface area contributed by atoms with Gasteiger partial charge >= 0.3 is 0 Å². The maximum atomic E-state index is 12.3. The number of hydrogen-bond donors (Lipinski definition) is 0. The van der Waals surface area contributed by atoms with E-state index in [0.717, 1.165) is 10.6 Å². The van der Waals surface area contributed by atoms with Crippen LogP contribution in [0, 0.1) is 0 Å². The predicted octanol–water partition coefficient (Wildman–Crippen LogP) is 4.73. The lowest BCUT2D eigenvalue weighted by Gasteiger charge is -2.01. The number of benzene rings is 2. The van der Waals surface area contributed by atoms with Gasteiger partial charge in [-0.15, -0.1) is 11.3 Å². The van der Waals surface area contributed by atoms with Crippen LogP contribution in [-0.2, 0) is 0 Å². The zero-order valence-corrected chi connectivity index (χ0v) is 12.1. The summed E-state index contributed by atoms with van der Waals surface area (Å²) >= 11 is 1.64. The molecule has 0 fully saturated rings. The van der Waals surface area contributed by atoms with E-state index in [1.54, 1.807) is 11.3 Å². The van der Waals surface area contributed by atoms with E-state index in [4.69, 9.17) is 0 Å². The van der Waals surface area contributed by atoms with Crippen molar-refractivity contribution in [3.63, 3.8) is 0 Å². The molecular formula is C18H13NOS. The molecule has 0 amide bonds. The van der Waals surface area contributed by atoms with Gasteiger partial charge in [0, 0.05) is 22.2 Å². The highest BCUT2D eigenvalue weighted by molar-refractivity contribution is 7.11. The minimum absolute atomic E-state index is 0.0318. The molecule has 1 heterocycles. The third-order valence-corrected chi connectivity index (χ3v) is 3.86. The number of ketones is 1. The molecule has 0 atom stereocenters. The highest BCUT2D eigenvalue weighted by atomic mass is 32.1. The van der Waals surface area contributed by atoms with E-state index < -0.39 is 0 Å². The second-order valence-corrected chi connectivity index (χ2v) is 5.49. The van der Waals surface area contributed by atoms with E-state index in [2.05, 4.69) is 4.99 Å². The molecule has 0 bridgehead atoms. The first-order valence-corrected chi connectivity index (χ1v) is 7.48. The summed E-state index contributed by atoms with van der Waals surface area (Å²) in [7, 11) is 0. The molecule has 1 aromatic heterocycles. The monoisotopic (exact) mass is 291 g/mol. The van der Waals surface area contributed by atoms with E-state index >= 15 is 0 Å². The molecule has 0 spiro atoms. The molecule has 0 radical (unpaired) electrons. The standard InChI is InChI=1S/C18H13NOS/c20-18(14-5-2-1-3-6-14)15-8-10-16(11-9-15)19-13-17-7-4-12-21-17/h1-13H. The van der Waals surface area contributed by atoms with Gasteiger partial charge in [-0.3, -0.25) is 9.79 Å². The van der Waals surface area contributed by atoms with Gasteiger partial charge in [0.05, 0.1) is 5.69 Å². The van der Waals surface area contributed by atoms with Crippen LogP contribution in [0.4, 0.5) is 5.69 Å². The van der Waals surface area contributed by atoms with Gasteiger partial charge in [0.1, 0.15) is 0 Å². The summed E-state index contributed by atoms with van der Waals surface area (Å²) in [5.41, 5.74) is 2.22. The number of thiophene rings is 1. The zero-order valence-electron chi connectivity index (χ0n) is 11.3. The van der Waals surface area contributed by atoms with Gasteiger partial charge in [0.2, 0.25) is 0 Å². The highest BCUT2D eigenvalue weighted by Gasteiger charge is 2.07. The molecule has 0 saturated carbocycles. The van der Waals surface area contributed by atoms with Crippen LogP contribution in [0.1, 0.15) is 20.8 Å². The molecule has 2 nitrogen and oxygen atoms in total. The van der Waals surface area contributed by atoms with Crippen molar-refractivity contribution in [1.29, 1.82) is 0 Å². The Kier molecular flexibility index (Phi) is 4.03. The number of hydrogen-bond acceptors (Lipinski definition) is 3. The number of carbonyl (C=O) groups is 1. The Morgan fingerprint density at radius 1 is 0.857 bits per heavy atom. The molecule has 3 rings (SSSR count). The highest BCUT2D eigenvalue weighted by Crippen LogP contribution is 2.16. The van der Waals surface area contributed by atoms with Crippen LogP contribution in [0.3, 0.4) is 0 Å². The summed E-state index contributed by atoms with van der Waals surface area (Å²) in [6.07, 6.45) is 1.83. The third-order valence-electron chi connectivity index (χ3n) is 3.05. The molecule has 21 heavy (non-hydrogen) atoms. The van der Waals surface area contributed by atoms with Gasteiger partial charge in [-0.05, 0) is 35.7 Å². The minimum atomic E-state index is 0.0318. The molecule has 0 unspecified atom stereocenters. The van der Waals surface area contributed by atoms with Crippen LogP contribution < -0.4 is 0 Å². The van der Waals surface area contributed by atoms with Crippen LogP contribution in [0.5, 0.6) is 0 Å². The number of rotatable bonds is 4. The average Bonchev–Trinajstić information content (AvgIpc) is 3.07. The van der Waals surface area contributed by atoms with Gasteiger partial charge in [0.15, 0.2) is 5.78 Å². The van der Waals surface area contributed by atoms with Crippen molar-refractivity contribution < 1.29 is 4.79 Å². The molecule has 3 heteroatoms. The van der Waals surface area contributed by atoms with Crippen molar-refractivity contribution in [1.82, 2.24) is 0 Å². The summed E-state index contributed by atoms with van der Waals surface area (Å²) in [5.74, 6) is 0.0318. The lowest BCUT2D eigenvalue weighted by atomic mass is 10.0. The Bertz CT molecular complexity index is 744. The summed E-state index contributed by atoms with van der Waals surface area (Å²) in [6.45, 7) is 0. The molecule has 0 saturated heterocycles. The van der Waals surface area contributed by atoms with Crippen molar-refractivity contribution >= 4 is 29.0 Å². The number of aliphatic imine (C=N–C) groups is 1. The number of carbonyl (C=O) groups excluding carboxylic acids is 1. The first-order chi connectivity index (χ1) is 10.3. The Balaban J connectivity index is 1.77. The van der Waals surface area contributed by atoms with Crippen LogP contribution in [0.2, 0.25) is 0 Å². The van der Waals surface area contributed by atoms with Crippen LogP contribution in [-0.4, -0.2) is 12.0 Å². The lowest BCUT2D eigenvalue weighted by molar-refractivity contribution is 0.103. The summed E-state index contributed by atoms with van der Waals surface area (Å²) < 4.78 is 0. The van der Waals surface area contributed by atoms with Crippen LogP contribution in [0.25, 0.3) is 0 Å². The third kappa shape index (κ3) is 3.33. The van der Waals surface area contributed by atoms with Gasteiger partial charge < -0.3 is 0 Å². The van der Waals surface area contributed by atoms with Gasteiger partial charge in [-0.25, -0.2) is 0 Å². The molecule has 0 aliphatic rings. The fourth-order valence-corrected chi connectivity index (χ4v) is 2.54. The largest absolute Gasteiger partial charge is 0.289 e. The van der Waals surface area contributed by atoms with Crippen LogP contribution in [0.15, 0.2) is 77.1 Å². The van der Waals surface area contributed by atoms with E-state index in [1.807, 2.05) is 78.3 Å². The Labute approximate surface area is 127 Å². The second kappa shape index (κ2) is 6.29. The maximum absolute atomic E-state index is 12.3. The fraction of sp³-hybridized carbons (Fsp3) is 0. The first kappa shape index (κ1) is 13.5.